The van der Waals surface area contributed by atoms with Crippen molar-refractivity contribution in [2.45, 2.75) is 31.5 Å². The summed E-state index contributed by atoms with van der Waals surface area (Å²) in [4.78, 5) is 12.0. The monoisotopic (exact) mass is 350 g/mol. The van der Waals surface area contributed by atoms with Crippen molar-refractivity contribution in [2.24, 2.45) is 0 Å². The molecule has 1 saturated heterocycles. The summed E-state index contributed by atoms with van der Waals surface area (Å²) in [5, 5.41) is 5.38. The van der Waals surface area contributed by atoms with Crippen molar-refractivity contribution in [3.63, 3.8) is 0 Å². The van der Waals surface area contributed by atoms with Gasteiger partial charge in [0.2, 0.25) is 5.91 Å². The van der Waals surface area contributed by atoms with E-state index in [2.05, 4.69) is 26.6 Å². The van der Waals surface area contributed by atoms with Crippen LogP contribution in [-0.4, -0.2) is 18.5 Å². The molecule has 1 unspecified atom stereocenters. The smallest absolute Gasteiger partial charge is 0.324 e. The summed E-state index contributed by atoms with van der Waals surface area (Å²) in [6.07, 6.45) is -1.98. The van der Waals surface area contributed by atoms with Crippen molar-refractivity contribution in [1.29, 1.82) is 0 Å². The Morgan fingerprint density at radius 2 is 2.10 bits per heavy atom. The van der Waals surface area contributed by atoms with E-state index in [0.29, 0.717) is 17.4 Å². The van der Waals surface area contributed by atoms with E-state index < -0.39 is 23.7 Å². The molecule has 0 aliphatic carbocycles. The molecule has 0 radical (unpaired) electrons. The Kier molecular flexibility index (Phi) is 4.70. The van der Waals surface area contributed by atoms with Crippen molar-refractivity contribution < 1.29 is 18.0 Å². The SMILES string of the molecule is O=C(Nc1ccc(Br)cc1C(F)(F)F)C1CCCCN1. The number of hydrogen-bond acceptors (Lipinski definition) is 2. The summed E-state index contributed by atoms with van der Waals surface area (Å²) in [5.74, 6) is -0.419. The number of amides is 1. The van der Waals surface area contributed by atoms with Gasteiger partial charge in [-0.05, 0) is 37.6 Å². The topological polar surface area (TPSA) is 41.1 Å². The van der Waals surface area contributed by atoms with Crippen LogP contribution in [0.5, 0.6) is 0 Å². The fourth-order valence-electron chi connectivity index (χ4n) is 2.16. The Balaban J connectivity index is 2.18. The fraction of sp³-hybridized carbons (Fsp3) is 0.462. The number of hydrogen-bond donors (Lipinski definition) is 2. The molecular formula is C13H14BrF3N2O. The largest absolute Gasteiger partial charge is 0.418 e. The van der Waals surface area contributed by atoms with Gasteiger partial charge in [0.15, 0.2) is 0 Å². The van der Waals surface area contributed by atoms with E-state index in [4.69, 9.17) is 0 Å². The van der Waals surface area contributed by atoms with E-state index in [-0.39, 0.29) is 5.69 Å². The molecule has 0 bridgehead atoms. The number of alkyl halides is 3. The zero-order valence-corrected chi connectivity index (χ0v) is 12.1. The van der Waals surface area contributed by atoms with Gasteiger partial charge in [0.25, 0.3) is 0 Å². The fourth-order valence-corrected chi connectivity index (χ4v) is 2.52. The minimum absolute atomic E-state index is 0.210. The number of rotatable bonds is 2. The zero-order chi connectivity index (χ0) is 14.8. The number of halogens is 4. The molecule has 1 aliphatic rings. The van der Waals surface area contributed by atoms with Crippen molar-refractivity contribution in [2.75, 3.05) is 11.9 Å². The third-order valence-electron chi connectivity index (χ3n) is 3.17. The van der Waals surface area contributed by atoms with Crippen LogP contribution in [0, 0.1) is 0 Å². The van der Waals surface area contributed by atoms with Gasteiger partial charge in [-0.1, -0.05) is 22.4 Å². The molecule has 0 spiro atoms. The van der Waals surface area contributed by atoms with E-state index in [0.717, 1.165) is 18.9 Å². The predicted molar refractivity (Wildman–Crippen MR) is 73.4 cm³/mol. The van der Waals surface area contributed by atoms with Gasteiger partial charge in [-0.2, -0.15) is 13.2 Å². The van der Waals surface area contributed by atoms with Crippen LogP contribution in [0.15, 0.2) is 22.7 Å². The molecule has 0 aromatic heterocycles. The molecule has 1 aromatic rings. The van der Waals surface area contributed by atoms with Crippen LogP contribution in [-0.2, 0) is 11.0 Å². The summed E-state index contributed by atoms with van der Waals surface area (Å²) < 4.78 is 39.1. The quantitative estimate of drug-likeness (QED) is 0.856. The van der Waals surface area contributed by atoms with Crippen LogP contribution in [0.3, 0.4) is 0 Å². The molecule has 1 atom stereocenters. The number of carbonyl (C=O) groups excluding carboxylic acids is 1. The maximum atomic E-state index is 12.9. The molecule has 7 heteroatoms. The molecule has 1 heterocycles. The lowest BCUT2D eigenvalue weighted by atomic mass is 10.0. The van der Waals surface area contributed by atoms with E-state index in [1.807, 2.05) is 0 Å². The number of benzene rings is 1. The van der Waals surface area contributed by atoms with Gasteiger partial charge < -0.3 is 10.6 Å². The van der Waals surface area contributed by atoms with Gasteiger partial charge in [-0.15, -0.1) is 0 Å². The number of anilines is 1. The summed E-state index contributed by atoms with van der Waals surface area (Å²) in [6, 6.07) is 3.27. The lowest BCUT2D eigenvalue weighted by Gasteiger charge is -2.23. The van der Waals surface area contributed by atoms with Crippen molar-refractivity contribution in [3.8, 4) is 0 Å². The Morgan fingerprint density at radius 1 is 1.35 bits per heavy atom. The summed E-state index contributed by atoms with van der Waals surface area (Å²) in [5.41, 5.74) is -1.06. The van der Waals surface area contributed by atoms with Gasteiger partial charge >= 0.3 is 6.18 Å². The van der Waals surface area contributed by atoms with Crippen LogP contribution in [0.25, 0.3) is 0 Å². The van der Waals surface area contributed by atoms with Gasteiger partial charge in [-0.3, -0.25) is 4.79 Å². The Labute approximate surface area is 123 Å². The molecule has 20 heavy (non-hydrogen) atoms. The average Bonchev–Trinajstić information content (AvgIpc) is 2.40. The van der Waals surface area contributed by atoms with E-state index in [1.165, 1.54) is 12.1 Å². The van der Waals surface area contributed by atoms with Crippen molar-refractivity contribution >= 4 is 27.5 Å². The molecule has 1 amide bonds. The number of piperidine rings is 1. The highest BCUT2D eigenvalue weighted by Crippen LogP contribution is 2.36. The van der Waals surface area contributed by atoms with Crippen molar-refractivity contribution in [3.05, 3.63) is 28.2 Å². The molecule has 2 rings (SSSR count). The summed E-state index contributed by atoms with van der Waals surface area (Å²) >= 11 is 3.01. The van der Waals surface area contributed by atoms with Crippen LogP contribution in [0.1, 0.15) is 24.8 Å². The van der Waals surface area contributed by atoms with E-state index in [9.17, 15) is 18.0 Å². The van der Waals surface area contributed by atoms with Crippen LogP contribution in [0.4, 0.5) is 18.9 Å². The summed E-state index contributed by atoms with van der Waals surface area (Å²) in [6.45, 7) is 0.713. The molecule has 1 fully saturated rings. The second-order valence-corrected chi connectivity index (χ2v) is 5.60. The third kappa shape index (κ3) is 3.73. The first-order valence-electron chi connectivity index (χ1n) is 6.29. The minimum Gasteiger partial charge on any atom is -0.324 e. The zero-order valence-electron chi connectivity index (χ0n) is 10.6. The molecule has 1 aliphatic heterocycles. The lowest BCUT2D eigenvalue weighted by Crippen LogP contribution is -2.43. The van der Waals surface area contributed by atoms with Gasteiger partial charge in [-0.25, -0.2) is 0 Å². The second-order valence-electron chi connectivity index (χ2n) is 4.68. The number of nitrogens with one attached hydrogen (secondary N) is 2. The van der Waals surface area contributed by atoms with Gasteiger partial charge in [0.1, 0.15) is 0 Å². The van der Waals surface area contributed by atoms with Crippen LogP contribution in [0.2, 0.25) is 0 Å². The highest BCUT2D eigenvalue weighted by molar-refractivity contribution is 9.10. The first kappa shape index (κ1) is 15.3. The highest BCUT2D eigenvalue weighted by atomic mass is 79.9. The molecule has 110 valence electrons. The predicted octanol–water partition coefficient (Wildman–Crippen LogP) is 3.55. The number of carbonyl (C=O) groups is 1. The van der Waals surface area contributed by atoms with Crippen molar-refractivity contribution in [1.82, 2.24) is 5.32 Å². The first-order valence-corrected chi connectivity index (χ1v) is 7.08. The molecule has 0 saturated carbocycles. The van der Waals surface area contributed by atoms with E-state index in [1.54, 1.807) is 0 Å². The Hall–Kier alpha value is -1.08. The lowest BCUT2D eigenvalue weighted by molar-refractivity contribution is -0.137. The standard InChI is InChI=1S/C13H14BrF3N2O/c14-8-4-5-10(9(7-8)13(15,16)17)19-12(20)11-3-1-2-6-18-11/h4-5,7,11,18H,1-3,6H2,(H,19,20). The third-order valence-corrected chi connectivity index (χ3v) is 3.66. The molecule has 1 aromatic carbocycles. The molecule has 2 N–H and O–H groups in total. The van der Waals surface area contributed by atoms with Gasteiger partial charge in [0, 0.05) is 4.47 Å². The molecule has 3 nitrogen and oxygen atoms in total. The van der Waals surface area contributed by atoms with Crippen LogP contribution < -0.4 is 10.6 Å². The second kappa shape index (κ2) is 6.13. The Morgan fingerprint density at radius 3 is 2.70 bits per heavy atom. The average molecular weight is 351 g/mol. The van der Waals surface area contributed by atoms with Gasteiger partial charge in [0.05, 0.1) is 17.3 Å². The first-order chi connectivity index (χ1) is 9.38. The maximum absolute atomic E-state index is 12.9. The summed E-state index contributed by atoms with van der Waals surface area (Å²) in [7, 11) is 0. The van der Waals surface area contributed by atoms with E-state index >= 15 is 0 Å². The van der Waals surface area contributed by atoms with Crippen LogP contribution >= 0.6 is 15.9 Å². The highest BCUT2D eigenvalue weighted by Gasteiger charge is 2.34. The Bertz CT molecular complexity index is 499. The maximum Gasteiger partial charge on any atom is 0.418 e. The normalized spacial score (nSPS) is 19.7. The molecular weight excluding hydrogens is 337 g/mol. The minimum atomic E-state index is -4.51.